The number of carbonyl (C=O) groups is 2. The lowest BCUT2D eigenvalue weighted by atomic mass is 10.0. The molecule has 24 heavy (non-hydrogen) atoms. The first-order valence-electron chi connectivity index (χ1n) is 8.04. The van der Waals surface area contributed by atoms with Crippen LogP contribution < -0.4 is 10.1 Å². The molecule has 1 heterocycles. The van der Waals surface area contributed by atoms with Crippen molar-refractivity contribution < 1.29 is 14.3 Å². The average Bonchev–Trinajstić information content (AvgIpc) is 2.61. The third-order valence-corrected chi connectivity index (χ3v) is 3.62. The number of hydrogen-bond acceptors (Lipinski definition) is 4. The van der Waals surface area contributed by atoms with Gasteiger partial charge in [-0.2, -0.15) is 0 Å². The van der Waals surface area contributed by atoms with Crippen LogP contribution in [0.5, 0.6) is 5.88 Å². The molecule has 126 valence electrons. The van der Waals surface area contributed by atoms with Crippen molar-refractivity contribution in [1.29, 1.82) is 0 Å². The zero-order valence-corrected chi connectivity index (χ0v) is 14.0. The standard InChI is InChI=1S/C19H22N2O3/c1-3-4-14-5-7-15(8-6-14)17(22)10-11-18(23)21-16-9-12-19(24-2)20-13-16/h5-9,12-13H,3-4,10-11H2,1-2H3,(H,21,23). The number of anilines is 1. The highest BCUT2D eigenvalue weighted by Gasteiger charge is 2.10. The number of hydrogen-bond donors (Lipinski definition) is 1. The maximum absolute atomic E-state index is 12.1. The SMILES string of the molecule is CCCc1ccc(C(=O)CCC(=O)Nc2ccc(OC)nc2)cc1. The fraction of sp³-hybridized carbons (Fsp3) is 0.316. The molecule has 0 saturated carbocycles. The summed E-state index contributed by atoms with van der Waals surface area (Å²) in [6.07, 6.45) is 3.93. The quantitative estimate of drug-likeness (QED) is 0.752. The summed E-state index contributed by atoms with van der Waals surface area (Å²) in [4.78, 5) is 28.1. The number of nitrogens with zero attached hydrogens (tertiary/aromatic N) is 1. The minimum atomic E-state index is -0.210. The molecule has 0 atom stereocenters. The van der Waals surface area contributed by atoms with Gasteiger partial charge in [0.15, 0.2) is 5.78 Å². The summed E-state index contributed by atoms with van der Waals surface area (Å²) < 4.78 is 4.96. The van der Waals surface area contributed by atoms with Gasteiger partial charge in [-0.3, -0.25) is 9.59 Å². The van der Waals surface area contributed by atoms with Crippen LogP contribution in [0.1, 0.15) is 42.1 Å². The van der Waals surface area contributed by atoms with Crippen LogP contribution in [-0.2, 0) is 11.2 Å². The topological polar surface area (TPSA) is 68.3 Å². The third-order valence-electron chi connectivity index (χ3n) is 3.62. The molecule has 0 bridgehead atoms. The number of nitrogens with one attached hydrogen (secondary N) is 1. The van der Waals surface area contributed by atoms with Crippen molar-refractivity contribution in [3.63, 3.8) is 0 Å². The summed E-state index contributed by atoms with van der Waals surface area (Å²) in [5.41, 5.74) is 2.45. The zero-order chi connectivity index (χ0) is 17.4. The molecular formula is C19H22N2O3. The molecular weight excluding hydrogens is 304 g/mol. The van der Waals surface area contributed by atoms with Crippen molar-refractivity contribution in [2.45, 2.75) is 32.6 Å². The van der Waals surface area contributed by atoms with Gasteiger partial charge in [0, 0.05) is 24.5 Å². The van der Waals surface area contributed by atoms with Gasteiger partial charge in [0.25, 0.3) is 0 Å². The molecule has 1 aromatic carbocycles. The number of carbonyl (C=O) groups excluding carboxylic acids is 2. The van der Waals surface area contributed by atoms with Gasteiger partial charge in [-0.1, -0.05) is 37.6 Å². The molecule has 1 aromatic heterocycles. The highest BCUT2D eigenvalue weighted by Crippen LogP contribution is 2.13. The molecule has 2 aromatic rings. The fourth-order valence-corrected chi connectivity index (χ4v) is 2.32. The van der Waals surface area contributed by atoms with Crippen LogP contribution in [0, 0.1) is 0 Å². The van der Waals surface area contributed by atoms with Crippen LogP contribution in [0.4, 0.5) is 5.69 Å². The molecule has 0 aliphatic carbocycles. The highest BCUT2D eigenvalue weighted by atomic mass is 16.5. The number of benzene rings is 1. The number of amides is 1. The van der Waals surface area contributed by atoms with E-state index in [1.54, 1.807) is 12.1 Å². The van der Waals surface area contributed by atoms with E-state index in [0.717, 1.165) is 12.8 Å². The summed E-state index contributed by atoms with van der Waals surface area (Å²) >= 11 is 0. The van der Waals surface area contributed by atoms with Gasteiger partial charge in [0.2, 0.25) is 11.8 Å². The van der Waals surface area contributed by atoms with E-state index in [1.165, 1.54) is 18.9 Å². The van der Waals surface area contributed by atoms with Crippen molar-refractivity contribution in [3.05, 3.63) is 53.7 Å². The van der Waals surface area contributed by atoms with E-state index in [0.29, 0.717) is 17.1 Å². The van der Waals surface area contributed by atoms with E-state index in [2.05, 4.69) is 17.2 Å². The van der Waals surface area contributed by atoms with Crippen molar-refractivity contribution in [1.82, 2.24) is 4.98 Å². The van der Waals surface area contributed by atoms with Gasteiger partial charge in [-0.05, 0) is 18.1 Å². The fourth-order valence-electron chi connectivity index (χ4n) is 2.32. The number of aryl methyl sites for hydroxylation is 1. The van der Waals surface area contributed by atoms with Crippen LogP contribution in [0.3, 0.4) is 0 Å². The summed E-state index contributed by atoms with van der Waals surface area (Å²) in [5.74, 6) is 0.244. The Morgan fingerprint density at radius 3 is 2.42 bits per heavy atom. The number of methoxy groups -OCH3 is 1. The molecule has 0 fully saturated rings. The van der Waals surface area contributed by atoms with Gasteiger partial charge >= 0.3 is 0 Å². The van der Waals surface area contributed by atoms with Gasteiger partial charge in [0.1, 0.15) is 0 Å². The zero-order valence-electron chi connectivity index (χ0n) is 14.0. The minimum Gasteiger partial charge on any atom is -0.481 e. The van der Waals surface area contributed by atoms with E-state index in [9.17, 15) is 9.59 Å². The Kier molecular flexibility index (Phi) is 6.49. The van der Waals surface area contributed by atoms with Crippen molar-refractivity contribution in [2.24, 2.45) is 0 Å². The Hall–Kier alpha value is -2.69. The van der Waals surface area contributed by atoms with Crippen LogP contribution in [0.25, 0.3) is 0 Å². The van der Waals surface area contributed by atoms with Gasteiger partial charge in [0.05, 0.1) is 19.0 Å². The lowest BCUT2D eigenvalue weighted by Gasteiger charge is -2.06. The molecule has 1 N–H and O–H groups in total. The lowest BCUT2D eigenvalue weighted by molar-refractivity contribution is -0.116. The molecule has 5 nitrogen and oxygen atoms in total. The Bertz CT molecular complexity index is 679. The number of rotatable bonds is 8. The summed E-state index contributed by atoms with van der Waals surface area (Å²) in [6.45, 7) is 2.12. The molecule has 1 amide bonds. The first-order chi connectivity index (χ1) is 11.6. The number of ether oxygens (including phenoxy) is 1. The first-order valence-corrected chi connectivity index (χ1v) is 8.04. The molecule has 2 rings (SSSR count). The largest absolute Gasteiger partial charge is 0.481 e. The molecule has 0 unspecified atom stereocenters. The van der Waals surface area contributed by atoms with Crippen LogP contribution in [-0.4, -0.2) is 23.8 Å². The molecule has 5 heteroatoms. The Morgan fingerprint density at radius 1 is 1.08 bits per heavy atom. The predicted octanol–water partition coefficient (Wildman–Crippen LogP) is 3.64. The second kappa shape index (κ2) is 8.82. The first kappa shape index (κ1) is 17.7. The molecule has 0 saturated heterocycles. The van der Waals surface area contributed by atoms with Gasteiger partial charge < -0.3 is 10.1 Å². The summed E-state index contributed by atoms with van der Waals surface area (Å²) in [6, 6.07) is 11.0. The number of ketones is 1. The predicted molar refractivity (Wildman–Crippen MR) is 93.4 cm³/mol. The third kappa shape index (κ3) is 5.19. The van der Waals surface area contributed by atoms with Crippen molar-refractivity contribution in [2.75, 3.05) is 12.4 Å². The van der Waals surface area contributed by atoms with E-state index in [4.69, 9.17) is 4.74 Å². The average molecular weight is 326 g/mol. The van der Waals surface area contributed by atoms with Gasteiger partial charge in [-0.15, -0.1) is 0 Å². The number of Topliss-reactive ketones (excluding diaryl/α,β-unsaturated/α-hetero) is 1. The summed E-state index contributed by atoms with van der Waals surface area (Å²) in [7, 11) is 1.53. The van der Waals surface area contributed by atoms with Crippen LogP contribution >= 0.6 is 0 Å². The Morgan fingerprint density at radius 2 is 1.83 bits per heavy atom. The molecule has 0 radical (unpaired) electrons. The second-order valence-corrected chi connectivity index (χ2v) is 5.51. The van der Waals surface area contributed by atoms with Gasteiger partial charge in [-0.25, -0.2) is 4.98 Å². The number of aromatic nitrogens is 1. The Labute approximate surface area is 142 Å². The maximum atomic E-state index is 12.1. The van der Waals surface area contributed by atoms with Crippen molar-refractivity contribution >= 4 is 17.4 Å². The molecule has 0 spiro atoms. The monoisotopic (exact) mass is 326 g/mol. The molecule has 0 aliphatic heterocycles. The van der Waals surface area contributed by atoms with E-state index >= 15 is 0 Å². The maximum Gasteiger partial charge on any atom is 0.224 e. The van der Waals surface area contributed by atoms with E-state index in [1.807, 2.05) is 24.3 Å². The molecule has 0 aliphatic rings. The number of pyridine rings is 1. The summed E-state index contributed by atoms with van der Waals surface area (Å²) in [5, 5.41) is 2.72. The normalized spacial score (nSPS) is 10.2. The smallest absolute Gasteiger partial charge is 0.224 e. The van der Waals surface area contributed by atoms with Crippen LogP contribution in [0.2, 0.25) is 0 Å². The van der Waals surface area contributed by atoms with Crippen molar-refractivity contribution in [3.8, 4) is 5.88 Å². The van der Waals surface area contributed by atoms with Crippen LogP contribution in [0.15, 0.2) is 42.6 Å². The second-order valence-electron chi connectivity index (χ2n) is 5.51. The highest BCUT2D eigenvalue weighted by molar-refractivity contribution is 5.99. The van der Waals surface area contributed by atoms with E-state index in [-0.39, 0.29) is 24.5 Å². The lowest BCUT2D eigenvalue weighted by Crippen LogP contribution is -2.13. The Balaban J connectivity index is 1.82. The minimum absolute atomic E-state index is 0.0268. The van der Waals surface area contributed by atoms with E-state index < -0.39 is 0 Å².